The van der Waals surface area contributed by atoms with Crippen LogP contribution in [0.5, 0.6) is 5.75 Å². The van der Waals surface area contributed by atoms with Crippen LogP contribution >= 0.6 is 0 Å². The van der Waals surface area contributed by atoms with E-state index in [0.717, 1.165) is 25.1 Å². The van der Waals surface area contributed by atoms with Crippen molar-refractivity contribution in [1.82, 2.24) is 5.32 Å². The van der Waals surface area contributed by atoms with E-state index in [4.69, 9.17) is 4.74 Å². The molecule has 0 amide bonds. The zero-order valence-corrected chi connectivity index (χ0v) is 11.2. The van der Waals surface area contributed by atoms with Gasteiger partial charge in [-0.3, -0.25) is 0 Å². The molecule has 1 heterocycles. The highest BCUT2D eigenvalue weighted by Crippen LogP contribution is 2.28. The van der Waals surface area contributed by atoms with E-state index in [1.165, 1.54) is 16.7 Å². The molecule has 0 aromatic heterocycles. The van der Waals surface area contributed by atoms with Gasteiger partial charge in [0, 0.05) is 6.04 Å². The van der Waals surface area contributed by atoms with Crippen molar-refractivity contribution in [2.75, 3.05) is 13.7 Å². The lowest BCUT2D eigenvalue weighted by Gasteiger charge is -2.27. The Bertz CT molecular complexity index is 550. The SMILES string of the molecule is COc1ccc2c(c1)CCNC2Cc1ccccc1. The third kappa shape index (κ3) is 2.64. The molecule has 0 radical (unpaired) electrons. The normalized spacial score (nSPS) is 17.8. The van der Waals surface area contributed by atoms with E-state index < -0.39 is 0 Å². The highest BCUT2D eigenvalue weighted by molar-refractivity contribution is 5.40. The second-order valence-electron chi connectivity index (χ2n) is 5.01. The number of benzene rings is 2. The Morgan fingerprint density at radius 2 is 2.00 bits per heavy atom. The van der Waals surface area contributed by atoms with Crippen molar-refractivity contribution in [1.29, 1.82) is 0 Å². The molecule has 98 valence electrons. The lowest BCUT2D eigenvalue weighted by molar-refractivity contribution is 0.412. The van der Waals surface area contributed by atoms with Crippen molar-refractivity contribution in [3.8, 4) is 5.75 Å². The van der Waals surface area contributed by atoms with Gasteiger partial charge in [-0.15, -0.1) is 0 Å². The Balaban J connectivity index is 1.86. The molecule has 0 bridgehead atoms. The summed E-state index contributed by atoms with van der Waals surface area (Å²) in [5.74, 6) is 0.958. The molecule has 1 aliphatic heterocycles. The van der Waals surface area contributed by atoms with Gasteiger partial charge in [0.1, 0.15) is 5.75 Å². The van der Waals surface area contributed by atoms with Crippen molar-refractivity contribution in [3.05, 3.63) is 65.2 Å². The predicted molar refractivity (Wildman–Crippen MR) is 77.6 cm³/mol. The average Bonchev–Trinajstić information content (AvgIpc) is 2.48. The van der Waals surface area contributed by atoms with Crippen molar-refractivity contribution in [3.63, 3.8) is 0 Å². The van der Waals surface area contributed by atoms with Gasteiger partial charge in [0.25, 0.3) is 0 Å². The maximum Gasteiger partial charge on any atom is 0.119 e. The van der Waals surface area contributed by atoms with Gasteiger partial charge in [0.15, 0.2) is 0 Å². The Hall–Kier alpha value is -1.80. The van der Waals surface area contributed by atoms with Crippen LogP contribution in [0.4, 0.5) is 0 Å². The Morgan fingerprint density at radius 1 is 1.16 bits per heavy atom. The van der Waals surface area contributed by atoms with Gasteiger partial charge >= 0.3 is 0 Å². The quantitative estimate of drug-likeness (QED) is 0.907. The fourth-order valence-corrected chi connectivity index (χ4v) is 2.79. The molecular weight excluding hydrogens is 234 g/mol. The summed E-state index contributed by atoms with van der Waals surface area (Å²) in [4.78, 5) is 0. The first-order valence-corrected chi connectivity index (χ1v) is 6.81. The van der Waals surface area contributed by atoms with E-state index in [9.17, 15) is 0 Å². The monoisotopic (exact) mass is 253 g/mol. The van der Waals surface area contributed by atoms with Crippen molar-refractivity contribution < 1.29 is 4.74 Å². The van der Waals surface area contributed by atoms with E-state index in [1.54, 1.807) is 7.11 Å². The molecule has 1 aliphatic rings. The number of rotatable bonds is 3. The van der Waals surface area contributed by atoms with Crippen LogP contribution in [0.15, 0.2) is 48.5 Å². The number of hydrogen-bond acceptors (Lipinski definition) is 2. The molecule has 2 nitrogen and oxygen atoms in total. The highest BCUT2D eigenvalue weighted by atomic mass is 16.5. The molecule has 0 fully saturated rings. The third-order valence-corrected chi connectivity index (χ3v) is 3.79. The molecule has 0 aliphatic carbocycles. The van der Waals surface area contributed by atoms with E-state index in [2.05, 4.69) is 53.8 Å². The summed E-state index contributed by atoms with van der Waals surface area (Å²) < 4.78 is 5.31. The van der Waals surface area contributed by atoms with Gasteiger partial charge in [-0.1, -0.05) is 36.4 Å². The maximum atomic E-state index is 5.31. The first kappa shape index (κ1) is 12.2. The molecule has 0 spiro atoms. The summed E-state index contributed by atoms with van der Waals surface area (Å²) in [6.45, 7) is 1.04. The molecule has 0 saturated heterocycles. The minimum absolute atomic E-state index is 0.414. The van der Waals surface area contributed by atoms with E-state index in [-0.39, 0.29) is 0 Å². The first-order chi connectivity index (χ1) is 9.36. The van der Waals surface area contributed by atoms with Crippen LogP contribution in [0.3, 0.4) is 0 Å². The van der Waals surface area contributed by atoms with Crippen LogP contribution < -0.4 is 10.1 Å². The molecule has 19 heavy (non-hydrogen) atoms. The van der Waals surface area contributed by atoms with Crippen LogP contribution in [-0.4, -0.2) is 13.7 Å². The second kappa shape index (κ2) is 5.45. The average molecular weight is 253 g/mol. The topological polar surface area (TPSA) is 21.3 Å². The van der Waals surface area contributed by atoms with Crippen molar-refractivity contribution >= 4 is 0 Å². The molecule has 3 rings (SSSR count). The lowest BCUT2D eigenvalue weighted by Crippen LogP contribution is -2.31. The maximum absolute atomic E-state index is 5.31. The summed E-state index contributed by atoms with van der Waals surface area (Å²) in [6, 6.07) is 17.5. The lowest BCUT2D eigenvalue weighted by atomic mass is 9.90. The third-order valence-electron chi connectivity index (χ3n) is 3.79. The summed E-state index contributed by atoms with van der Waals surface area (Å²) in [5.41, 5.74) is 4.21. The van der Waals surface area contributed by atoms with Gasteiger partial charge in [0.05, 0.1) is 7.11 Å². The van der Waals surface area contributed by atoms with Crippen LogP contribution in [-0.2, 0) is 12.8 Å². The molecular formula is C17H19NO. The van der Waals surface area contributed by atoms with Crippen LogP contribution in [0.25, 0.3) is 0 Å². The molecule has 1 N–H and O–H groups in total. The molecule has 2 aromatic carbocycles. The number of nitrogens with one attached hydrogen (secondary N) is 1. The summed E-state index contributed by atoms with van der Waals surface area (Å²) >= 11 is 0. The zero-order chi connectivity index (χ0) is 13.1. The minimum Gasteiger partial charge on any atom is -0.497 e. The fraction of sp³-hybridized carbons (Fsp3) is 0.294. The number of hydrogen-bond donors (Lipinski definition) is 1. The fourth-order valence-electron chi connectivity index (χ4n) is 2.79. The Labute approximate surface area is 114 Å². The van der Waals surface area contributed by atoms with Crippen molar-refractivity contribution in [2.24, 2.45) is 0 Å². The smallest absolute Gasteiger partial charge is 0.119 e. The molecule has 1 atom stereocenters. The second-order valence-corrected chi connectivity index (χ2v) is 5.01. The molecule has 2 heteroatoms. The highest BCUT2D eigenvalue weighted by Gasteiger charge is 2.20. The van der Waals surface area contributed by atoms with E-state index >= 15 is 0 Å². The minimum atomic E-state index is 0.414. The number of ether oxygens (including phenoxy) is 1. The van der Waals surface area contributed by atoms with Gasteiger partial charge < -0.3 is 10.1 Å². The van der Waals surface area contributed by atoms with Gasteiger partial charge in [-0.25, -0.2) is 0 Å². The van der Waals surface area contributed by atoms with Crippen LogP contribution in [0, 0.1) is 0 Å². The Kier molecular flexibility index (Phi) is 3.51. The predicted octanol–water partition coefficient (Wildman–Crippen LogP) is 3.12. The van der Waals surface area contributed by atoms with Gasteiger partial charge in [-0.2, -0.15) is 0 Å². The summed E-state index contributed by atoms with van der Waals surface area (Å²) in [7, 11) is 1.73. The van der Waals surface area contributed by atoms with Gasteiger partial charge in [0.2, 0.25) is 0 Å². The molecule has 1 unspecified atom stereocenters. The van der Waals surface area contributed by atoms with Gasteiger partial charge in [-0.05, 0) is 48.2 Å². The van der Waals surface area contributed by atoms with E-state index in [1.807, 2.05) is 0 Å². The largest absolute Gasteiger partial charge is 0.497 e. The molecule has 2 aromatic rings. The van der Waals surface area contributed by atoms with Crippen LogP contribution in [0.1, 0.15) is 22.7 Å². The summed E-state index contributed by atoms with van der Waals surface area (Å²) in [5, 5.41) is 3.62. The van der Waals surface area contributed by atoms with Crippen molar-refractivity contribution in [2.45, 2.75) is 18.9 Å². The number of methoxy groups -OCH3 is 1. The number of fused-ring (bicyclic) bond motifs is 1. The van der Waals surface area contributed by atoms with E-state index in [0.29, 0.717) is 6.04 Å². The first-order valence-electron chi connectivity index (χ1n) is 6.81. The Morgan fingerprint density at radius 3 is 2.79 bits per heavy atom. The van der Waals surface area contributed by atoms with Crippen LogP contribution in [0.2, 0.25) is 0 Å². The zero-order valence-electron chi connectivity index (χ0n) is 11.2. The standard InChI is InChI=1S/C17H19NO/c1-19-15-7-8-16-14(12-15)9-10-18-17(16)11-13-5-3-2-4-6-13/h2-8,12,17-18H,9-11H2,1H3. The molecule has 0 saturated carbocycles. The summed E-state index contributed by atoms with van der Waals surface area (Å²) in [6.07, 6.45) is 2.12.